The molecule has 0 saturated carbocycles. The Hall–Kier alpha value is -4.26. The molecular formula is C27H24FN5O. The van der Waals surface area contributed by atoms with Crippen LogP contribution >= 0.6 is 0 Å². The summed E-state index contributed by atoms with van der Waals surface area (Å²) in [6.45, 7) is 6.03. The number of hydrogen-bond acceptors (Lipinski definition) is 3. The Labute approximate surface area is 196 Å². The van der Waals surface area contributed by atoms with Gasteiger partial charge in [-0.2, -0.15) is 9.78 Å². The van der Waals surface area contributed by atoms with E-state index < -0.39 is 0 Å². The van der Waals surface area contributed by atoms with Crippen LogP contribution in [0.4, 0.5) is 10.2 Å². The summed E-state index contributed by atoms with van der Waals surface area (Å²) < 4.78 is 18.0. The number of anilines is 1. The number of para-hydroxylation sites is 2. The smallest absolute Gasteiger partial charge is 0.257 e. The van der Waals surface area contributed by atoms with Crippen LogP contribution in [0.2, 0.25) is 0 Å². The number of rotatable bonds is 5. The zero-order chi connectivity index (χ0) is 23.8. The molecule has 0 unspecified atom stereocenters. The number of amides is 1. The average Bonchev–Trinajstić information content (AvgIpc) is 3.36. The van der Waals surface area contributed by atoms with Crippen LogP contribution in [0.1, 0.15) is 32.7 Å². The van der Waals surface area contributed by atoms with E-state index in [9.17, 15) is 9.18 Å². The van der Waals surface area contributed by atoms with Crippen LogP contribution in [0.15, 0.2) is 72.8 Å². The fourth-order valence-electron chi connectivity index (χ4n) is 4.10. The van der Waals surface area contributed by atoms with E-state index >= 15 is 0 Å². The second kappa shape index (κ2) is 8.59. The predicted octanol–water partition coefficient (Wildman–Crippen LogP) is 5.59. The lowest BCUT2D eigenvalue weighted by molar-refractivity contribution is 0.102. The van der Waals surface area contributed by atoms with E-state index in [4.69, 9.17) is 4.98 Å². The molecule has 0 fully saturated rings. The molecule has 0 saturated heterocycles. The van der Waals surface area contributed by atoms with E-state index in [2.05, 4.69) is 10.4 Å². The van der Waals surface area contributed by atoms with Gasteiger partial charge >= 0.3 is 0 Å². The summed E-state index contributed by atoms with van der Waals surface area (Å²) in [5.74, 6) is 0.479. The van der Waals surface area contributed by atoms with Gasteiger partial charge in [-0.3, -0.25) is 4.79 Å². The molecule has 7 heteroatoms. The first kappa shape index (κ1) is 21.6. The molecule has 0 aliphatic heterocycles. The molecule has 0 spiro atoms. The van der Waals surface area contributed by atoms with Gasteiger partial charge in [0.05, 0.1) is 23.3 Å². The lowest BCUT2D eigenvalue weighted by Gasteiger charge is -2.13. The first-order valence-electron chi connectivity index (χ1n) is 11.1. The third-order valence-corrected chi connectivity index (χ3v) is 6.03. The van der Waals surface area contributed by atoms with Gasteiger partial charge in [0.15, 0.2) is 0 Å². The van der Waals surface area contributed by atoms with Crippen molar-refractivity contribution in [3.8, 4) is 5.95 Å². The van der Waals surface area contributed by atoms with Crippen molar-refractivity contribution in [3.05, 3.63) is 107 Å². The van der Waals surface area contributed by atoms with E-state index in [-0.39, 0.29) is 18.3 Å². The number of carbonyl (C=O) groups excluding carboxylic acids is 1. The van der Waals surface area contributed by atoms with E-state index in [0.717, 1.165) is 27.9 Å². The highest BCUT2D eigenvalue weighted by molar-refractivity contribution is 6.05. The number of aromatic nitrogens is 4. The normalized spacial score (nSPS) is 11.2. The van der Waals surface area contributed by atoms with Crippen molar-refractivity contribution in [2.24, 2.45) is 0 Å². The minimum absolute atomic E-state index is 0.223. The minimum atomic E-state index is -0.286. The monoisotopic (exact) mass is 453 g/mol. The van der Waals surface area contributed by atoms with Gasteiger partial charge in [0.2, 0.25) is 5.95 Å². The number of nitrogens with one attached hydrogen (secondary N) is 1. The van der Waals surface area contributed by atoms with Crippen molar-refractivity contribution < 1.29 is 9.18 Å². The lowest BCUT2D eigenvalue weighted by Crippen LogP contribution is -2.18. The summed E-state index contributed by atoms with van der Waals surface area (Å²) in [6, 6.07) is 21.8. The first-order valence-corrected chi connectivity index (χ1v) is 11.1. The first-order chi connectivity index (χ1) is 16.4. The van der Waals surface area contributed by atoms with Gasteiger partial charge in [0.1, 0.15) is 11.6 Å². The Morgan fingerprint density at radius 1 is 0.971 bits per heavy atom. The fourth-order valence-corrected chi connectivity index (χ4v) is 4.10. The van der Waals surface area contributed by atoms with Crippen LogP contribution in [-0.2, 0) is 6.54 Å². The van der Waals surface area contributed by atoms with Gasteiger partial charge in [-0.05, 0) is 56.2 Å². The number of nitrogens with zero attached hydrogens (tertiary/aromatic N) is 4. The Morgan fingerprint density at radius 2 is 1.74 bits per heavy atom. The minimum Gasteiger partial charge on any atom is -0.306 e. The number of imidazole rings is 1. The van der Waals surface area contributed by atoms with Gasteiger partial charge in [-0.1, -0.05) is 42.5 Å². The van der Waals surface area contributed by atoms with Crippen molar-refractivity contribution in [1.82, 2.24) is 19.3 Å². The summed E-state index contributed by atoms with van der Waals surface area (Å²) in [5, 5.41) is 7.61. The molecule has 2 aromatic heterocycles. The Bertz CT molecular complexity index is 1530. The lowest BCUT2D eigenvalue weighted by atomic mass is 10.0. The van der Waals surface area contributed by atoms with Crippen molar-refractivity contribution in [3.63, 3.8) is 0 Å². The molecule has 0 aliphatic rings. The summed E-state index contributed by atoms with van der Waals surface area (Å²) in [4.78, 5) is 17.9. The number of halogens is 1. The number of fused-ring (bicyclic) bond motifs is 1. The van der Waals surface area contributed by atoms with Gasteiger partial charge in [0.25, 0.3) is 5.91 Å². The van der Waals surface area contributed by atoms with Crippen LogP contribution in [0.3, 0.4) is 0 Å². The van der Waals surface area contributed by atoms with E-state index in [1.165, 1.54) is 6.07 Å². The topological polar surface area (TPSA) is 64.7 Å². The molecule has 0 bridgehead atoms. The Kier molecular flexibility index (Phi) is 5.45. The quantitative estimate of drug-likeness (QED) is 0.377. The predicted molar refractivity (Wildman–Crippen MR) is 131 cm³/mol. The van der Waals surface area contributed by atoms with Crippen molar-refractivity contribution in [2.75, 3.05) is 5.32 Å². The maximum absolute atomic E-state index is 14.5. The van der Waals surface area contributed by atoms with Crippen LogP contribution in [0, 0.1) is 26.6 Å². The molecule has 3 aromatic carbocycles. The maximum Gasteiger partial charge on any atom is 0.257 e. The third-order valence-electron chi connectivity index (χ3n) is 6.03. The molecule has 0 aliphatic carbocycles. The van der Waals surface area contributed by atoms with E-state index in [1.54, 1.807) is 28.9 Å². The van der Waals surface area contributed by atoms with E-state index in [0.29, 0.717) is 22.9 Å². The Balaban J connectivity index is 1.61. The number of hydrogen-bond donors (Lipinski definition) is 1. The second-order valence-electron chi connectivity index (χ2n) is 8.36. The fraction of sp³-hybridized carbons (Fsp3) is 0.148. The molecule has 2 heterocycles. The second-order valence-corrected chi connectivity index (χ2v) is 8.36. The highest BCUT2D eigenvalue weighted by Crippen LogP contribution is 2.25. The largest absolute Gasteiger partial charge is 0.306 e. The molecule has 1 N–H and O–H groups in total. The highest BCUT2D eigenvalue weighted by Gasteiger charge is 2.20. The third kappa shape index (κ3) is 3.85. The zero-order valence-corrected chi connectivity index (χ0v) is 19.2. The van der Waals surface area contributed by atoms with E-state index in [1.807, 2.05) is 67.8 Å². The van der Waals surface area contributed by atoms with Gasteiger partial charge < -0.3 is 9.88 Å². The molecule has 5 rings (SSSR count). The number of benzene rings is 3. The number of carbonyl (C=O) groups is 1. The highest BCUT2D eigenvalue weighted by atomic mass is 19.1. The van der Waals surface area contributed by atoms with Crippen molar-refractivity contribution in [1.29, 1.82) is 0 Å². The van der Waals surface area contributed by atoms with Gasteiger partial charge in [-0.15, -0.1) is 0 Å². The number of aryl methyl sites for hydroxylation is 2. The van der Waals surface area contributed by atoms with Crippen LogP contribution in [-0.4, -0.2) is 25.2 Å². The van der Waals surface area contributed by atoms with Crippen molar-refractivity contribution >= 4 is 22.8 Å². The summed E-state index contributed by atoms with van der Waals surface area (Å²) in [7, 11) is 0. The average molecular weight is 454 g/mol. The van der Waals surface area contributed by atoms with Crippen molar-refractivity contribution in [2.45, 2.75) is 27.3 Å². The molecule has 0 atom stereocenters. The summed E-state index contributed by atoms with van der Waals surface area (Å²) in [5.41, 5.74) is 5.44. The zero-order valence-electron chi connectivity index (χ0n) is 19.2. The molecule has 5 aromatic rings. The molecule has 170 valence electrons. The summed E-state index contributed by atoms with van der Waals surface area (Å²) in [6.07, 6.45) is 0. The van der Waals surface area contributed by atoms with Gasteiger partial charge in [0, 0.05) is 17.2 Å². The molecule has 0 radical (unpaired) electrons. The Morgan fingerprint density at radius 3 is 2.56 bits per heavy atom. The SMILES string of the molecule is Cc1cc(NC(=O)c2cccc(C)c2C)n(-c2nc3ccccc3n2Cc2ccccc2F)n1. The summed E-state index contributed by atoms with van der Waals surface area (Å²) >= 11 is 0. The molecule has 1 amide bonds. The molecular weight excluding hydrogens is 429 g/mol. The van der Waals surface area contributed by atoms with Crippen LogP contribution in [0.25, 0.3) is 17.0 Å². The molecule has 34 heavy (non-hydrogen) atoms. The molecule has 6 nitrogen and oxygen atoms in total. The van der Waals surface area contributed by atoms with Gasteiger partial charge in [-0.25, -0.2) is 9.37 Å². The maximum atomic E-state index is 14.5. The van der Waals surface area contributed by atoms with Crippen LogP contribution < -0.4 is 5.32 Å². The van der Waals surface area contributed by atoms with Crippen LogP contribution in [0.5, 0.6) is 0 Å². The standard InChI is InChI=1S/C27H24FN5O/c1-17-9-8-11-21(19(17)3)26(34)30-25-15-18(2)31-33(25)27-29-23-13-6-7-14-24(23)32(27)16-20-10-4-5-12-22(20)28/h4-15H,16H2,1-3H3,(H,30,34).